The maximum absolute atomic E-state index is 5.61. The van der Waals surface area contributed by atoms with Gasteiger partial charge in [-0.3, -0.25) is 4.98 Å². The summed E-state index contributed by atoms with van der Waals surface area (Å²) in [5.74, 6) is 0.715. The van der Waals surface area contributed by atoms with Crippen molar-refractivity contribution in [1.82, 2.24) is 4.98 Å². The van der Waals surface area contributed by atoms with Gasteiger partial charge in [0.2, 0.25) is 0 Å². The molecular weight excluding hydrogens is 214 g/mol. The second-order valence-corrected chi connectivity index (χ2v) is 4.60. The monoisotopic (exact) mass is 235 g/mol. The van der Waals surface area contributed by atoms with Crippen LogP contribution in [0, 0.1) is 5.92 Å². The zero-order valence-electron chi connectivity index (χ0n) is 10.4. The average Bonchev–Trinajstić information content (AvgIpc) is 2.40. The van der Waals surface area contributed by atoms with Gasteiger partial charge in [-0.05, 0) is 30.9 Å². The number of hydrogen-bond acceptors (Lipinski definition) is 4. The van der Waals surface area contributed by atoms with E-state index in [9.17, 15) is 0 Å². The summed E-state index contributed by atoms with van der Waals surface area (Å²) >= 11 is 0. The smallest absolute Gasteiger partial charge is 0.0560 e. The minimum Gasteiger partial charge on any atom is -0.384 e. The molecule has 1 saturated heterocycles. The van der Waals surface area contributed by atoms with Crippen LogP contribution in [-0.2, 0) is 11.3 Å². The van der Waals surface area contributed by atoms with Gasteiger partial charge in [-0.1, -0.05) is 0 Å². The number of rotatable bonds is 4. The molecule has 0 unspecified atom stereocenters. The zero-order valence-corrected chi connectivity index (χ0v) is 10.4. The number of methoxy groups -OCH3 is 1. The van der Waals surface area contributed by atoms with E-state index < -0.39 is 0 Å². The van der Waals surface area contributed by atoms with Gasteiger partial charge in [0.05, 0.1) is 5.69 Å². The van der Waals surface area contributed by atoms with Crippen molar-refractivity contribution in [3.05, 3.63) is 24.0 Å². The fourth-order valence-corrected chi connectivity index (χ4v) is 2.37. The van der Waals surface area contributed by atoms with Crippen LogP contribution in [0.5, 0.6) is 0 Å². The van der Waals surface area contributed by atoms with Gasteiger partial charge in [-0.2, -0.15) is 0 Å². The summed E-state index contributed by atoms with van der Waals surface area (Å²) in [6.07, 6.45) is 4.25. The third-order valence-electron chi connectivity index (χ3n) is 3.39. The highest BCUT2D eigenvalue weighted by Gasteiger charge is 2.19. The van der Waals surface area contributed by atoms with Crippen molar-refractivity contribution >= 4 is 5.69 Å². The van der Waals surface area contributed by atoms with Gasteiger partial charge >= 0.3 is 0 Å². The molecule has 4 nitrogen and oxygen atoms in total. The fourth-order valence-electron chi connectivity index (χ4n) is 2.37. The number of pyridine rings is 1. The Balaban J connectivity index is 1.95. The maximum Gasteiger partial charge on any atom is 0.0560 e. The second kappa shape index (κ2) is 5.98. The van der Waals surface area contributed by atoms with Gasteiger partial charge in [0.15, 0.2) is 0 Å². The average molecular weight is 235 g/mol. The van der Waals surface area contributed by atoms with Crippen LogP contribution in [0.1, 0.15) is 18.5 Å². The Morgan fingerprint density at radius 3 is 2.88 bits per heavy atom. The van der Waals surface area contributed by atoms with Crippen LogP contribution in [0.15, 0.2) is 18.3 Å². The van der Waals surface area contributed by atoms with Crippen LogP contribution >= 0.6 is 0 Å². The van der Waals surface area contributed by atoms with Gasteiger partial charge < -0.3 is 15.4 Å². The molecule has 1 aliphatic heterocycles. The standard InChI is InChI=1S/C13H21N3O/c1-17-10-11-3-6-16(7-4-11)13-2-5-15-12(8-13)9-14/h2,5,8,11H,3-4,6-7,9-10,14H2,1H3. The van der Waals surface area contributed by atoms with Crippen molar-refractivity contribution in [1.29, 1.82) is 0 Å². The lowest BCUT2D eigenvalue weighted by Gasteiger charge is -2.33. The van der Waals surface area contributed by atoms with Crippen LogP contribution in [0.2, 0.25) is 0 Å². The summed E-state index contributed by atoms with van der Waals surface area (Å²) in [5.41, 5.74) is 7.82. The van der Waals surface area contributed by atoms with Crippen molar-refractivity contribution in [3.63, 3.8) is 0 Å². The molecule has 2 rings (SSSR count). The quantitative estimate of drug-likeness (QED) is 0.857. The van der Waals surface area contributed by atoms with Crippen molar-refractivity contribution in [2.45, 2.75) is 19.4 Å². The molecule has 1 fully saturated rings. The zero-order chi connectivity index (χ0) is 12.1. The normalized spacial score (nSPS) is 17.4. The van der Waals surface area contributed by atoms with Gasteiger partial charge in [0, 0.05) is 45.2 Å². The highest BCUT2D eigenvalue weighted by atomic mass is 16.5. The number of hydrogen-bond donors (Lipinski definition) is 1. The van der Waals surface area contributed by atoms with E-state index in [-0.39, 0.29) is 0 Å². The van der Waals surface area contributed by atoms with Crippen molar-refractivity contribution < 1.29 is 4.74 Å². The van der Waals surface area contributed by atoms with Gasteiger partial charge in [0.25, 0.3) is 0 Å². The summed E-state index contributed by atoms with van der Waals surface area (Å²) < 4.78 is 5.21. The molecule has 2 N–H and O–H groups in total. The van der Waals surface area contributed by atoms with Crippen LogP contribution in [0.4, 0.5) is 5.69 Å². The van der Waals surface area contributed by atoms with Crippen LogP contribution in [0.3, 0.4) is 0 Å². The Kier molecular flexibility index (Phi) is 4.34. The predicted molar refractivity (Wildman–Crippen MR) is 68.9 cm³/mol. The number of aromatic nitrogens is 1. The molecule has 0 amide bonds. The molecule has 0 aliphatic carbocycles. The molecule has 0 atom stereocenters. The molecule has 0 bridgehead atoms. The maximum atomic E-state index is 5.61. The van der Waals surface area contributed by atoms with E-state index in [0.717, 1.165) is 25.4 Å². The third kappa shape index (κ3) is 3.17. The predicted octanol–water partition coefficient (Wildman–Crippen LogP) is 1.40. The Morgan fingerprint density at radius 2 is 2.24 bits per heavy atom. The largest absolute Gasteiger partial charge is 0.384 e. The SMILES string of the molecule is COCC1CCN(c2ccnc(CN)c2)CC1. The molecule has 0 spiro atoms. The molecule has 0 radical (unpaired) electrons. The second-order valence-electron chi connectivity index (χ2n) is 4.60. The first-order valence-electron chi connectivity index (χ1n) is 6.22. The molecule has 17 heavy (non-hydrogen) atoms. The number of nitrogens with zero attached hydrogens (tertiary/aromatic N) is 2. The van der Waals surface area contributed by atoms with E-state index in [1.54, 1.807) is 7.11 Å². The molecule has 1 aromatic rings. The molecule has 2 heterocycles. The molecule has 0 aromatic carbocycles. The van der Waals surface area contributed by atoms with E-state index in [2.05, 4.69) is 22.0 Å². The lowest BCUT2D eigenvalue weighted by Crippen LogP contribution is -2.35. The first-order chi connectivity index (χ1) is 8.33. The van der Waals surface area contributed by atoms with Crippen molar-refractivity contribution in [2.24, 2.45) is 11.7 Å². The highest BCUT2D eigenvalue weighted by molar-refractivity contribution is 5.46. The van der Waals surface area contributed by atoms with E-state index in [1.165, 1.54) is 18.5 Å². The number of piperidine rings is 1. The topological polar surface area (TPSA) is 51.4 Å². The highest BCUT2D eigenvalue weighted by Crippen LogP contribution is 2.23. The molecule has 1 aliphatic rings. The number of nitrogens with two attached hydrogens (primary N) is 1. The minimum atomic E-state index is 0.508. The van der Waals surface area contributed by atoms with Gasteiger partial charge in [-0.15, -0.1) is 0 Å². The van der Waals surface area contributed by atoms with Gasteiger partial charge in [-0.25, -0.2) is 0 Å². The Labute approximate surface area is 103 Å². The fraction of sp³-hybridized carbons (Fsp3) is 0.615. The first-order valence-corrected chi connectivity index (χ1v) is 6.22. The molecule has 4 heteroatoms. The molecular formula is C13H21N3O. The van der Waals surface area contributed by atoms with Gasteiger partial charge in [0.1, 0.15) is 0 Å². The molecule has 1 aromatic heterocycles. The Bertz CT molecular complexity index is 348. The summed E-state index contributed by atoms with van der Waals surface area (Å²) in [5, 5.41) is 0. The summed E-state index contributed by atoms with van der Waals surface area (Å²) in [7, 11) is 1.78. The van der Waals surface area contributed by atoms with Crippen molar-refractivity contribution in [2.75, 3.05) is 31.7 Å². The van der Waals surface area contributed by atoms with Crippen LogP contribution < -0.4 is 10.6 Å². The summed E-state index contributed by atoms with van der Waals surface area (Å²) in [6.45, 7) is 3.59. The lowest BCUT2D eigenvalue weighted by molar-refractivity contribution is 0.139. The van der Waals surface area contributed by atoms with E-state index in [0.29, 0.717) is 12.5 Å². The first kappa shape index (κ1) is 12.3. The Morgan fingerprint density at radius 1 is 1.47 bits per heavy atom. The van der Waals surface area contributed by atoms with E-state index in [1.807, 2.05) is 6.20 Å². The van der Waals surface area contributed by atoms with E-state index >= 15 is 0 Å². The summed E-state index contributed by atoms with van der Waals surface area (Å²) in [4.78, 5) is 6.64. The summed E-state index contributed by atoms with van der Waals surface area (Å²) in [6, 6.07) is 4.16. The third-order valence-corrected chi connectivity index (χ3v) is 3.39. The van der Waals surface area contributed by atoms with Crippen molar-refractivity contribution in [3.8, 4) is 0 Å². The molecule has 94 valence electrons. The van der Waals surface area contributed by atoms with Crippen LogP contribution in [0.25, 0.3) is 0 Å². The van der Waals surface area contributed by atoms with E-state index in [4.69, 9.17) is 10.5 Å². The minimum absolute atomic E-state index is 0.508. The lowest BCUT2D eigenvalue weighted by atomic mass is 9.97. The number of ether oxygens (including phenoxy) is 1. The number of anilines is 1. The molecule has 0 saturated carbocycles. The Hall–Kier alpha value is -1.13. The van der Waals surface area contributed by atoms with Crippen LogP contribution in [-0.4, -0.2) is 31.8 Å².